The summed E-state index contributed by atoms with van der Waals surface area (Å²) >= 11 is 6.75. The second-order valence-corrected chi connectivity index (χ2v) is 8.31. The fraction of sp³-hybridized carbons (Fsp3) is 0.176. The van der Waals surface area contributed by atoms with Crippen molar-refractivity contribution in [1.82, 2.24) is 25.0 Å². The number of aromatic nitrogens is 5. The van der Waals surface area contributed by atoms with Crippen molar-refractivity contribution >= 4 is 39.0 Å². The highest BCUT2D eigenvalue weighted by molar-refractivity contribution is 9.10. The van der Waals surface area contributed by atoms with E-state index in [0.717, 1.165) is 27.4 Å². The first-order valence-corrected chi connectivity index (χ1v) is 10.5. The van der Waals surface area contributed by atoms with Gasteiger partial charge < -0.3 is 8.98 Å². The molecule has 4 rings (SSSR count). The molecule has 6 nitrogen and oxygen atoms in total. The van der Waals surface area contributed by atoms with Crippen LogP contribution in [0.1, 0.15) is 16.6 Å². The summed E-state index contributed by atoms with van der Waals surface area (Å²) < 4.78 is 8.71. The van der Waals surface area contributed by atoms with Crippen molar-refractivity contribution in [3.05, 3.63) is 62.8 Å². The van der Waals surface area contributed by atoms with Crippen molar-refractivity contribution in [1.29, 1.82) is 0 Å². The standard InChI is InChI=1S/C17H14BrN5OS2/c1-23-14(9-11-5-4-8-25-11)19-22-17(23)26-10-15-20-21-16(24-15)12-6-2-3-7-13(12)18/h2-8H,9-10H2,1H3. The van der Waals surface area contributed by atoms with Crippen LogP contribution in [0.15, 0.2) is 55.8 Å². The van der Waals surface area contributed by atoms with Crippen LogP contribution in [0.2, 0.25) is 0 Å². The second-order valence-electron chi connectivity index (χ2n) is 5.48. The summed E-state index contributed by atoms with van der Waals surface area (Å²) in [4.78, 5) is 1.27. The number of benzene rings is 1. The number of hydrogen-bond acceptors (Lipinski definition) is 7. The largest absolute Gasteiger partial charge is 0.420 e. The van der Waals surface area contributed by atoms with Crippen LogP contribution in [-0.4, -0.2) is 25.0 Å². The third-order valence-electron chi connectivity index (χ3n) is 3.73. The first-order valence-electron chi connectivity index (χ1n) is 7.81. The van der Waals surface area contributed by atoms with Crippen LogP contribution in [0, 0.1) is 0 Å². The molecule has 0 aliphatic carbocycles. The van der Waals surface area contributed by atoms with E-state index in [2.05, 4.69) is 47.8 Å². The molecule has 0 N–H and O–H groups in total. The Bertz CT molecular complexity index is 1010. The van der Waals surface area contributed by atoms with Crippen molar-refractivity contribution < 1.29 is 4.42 Å². The van der Waals surface area contributed by atoms with Crippen molar-refractivity contribution in [3.8, 4) is 11.5 Å². The quantitative estimate of drug-likeness (QED) is 0.403. The van der Waals surface area contributed by atoms with E-state index in [1.165, 1.54) is 16.6 Å². The zero-order valence-corrected chi connectivity index (χ0v) is 17.0. The topological polar surface area (TPSA) is 69.6 Å². The maximum absolute atomic E-state index is 5.78. The van der Waals surface area contributed by atoms with E-state index < -0.39 is 0 Å². The Morgan fingerprint density at radius 1 is 1.12 bits per heavy atom. The molecular weight excluding hydrogens is 434 g/mol. The van der Waals surface area contributed by atoms with E-state index >= 15 is 0 Å². The average Bonchev–Trinajstić information content (AvgIpc) is 3.38. The molecule has 0 amide bonds. The molecular formula is C17H14BrN5OS2. The van der Waals surface area contributed by atoms with Crippen molar-refractivity contribution in [2.45, 2.75) is 17.3 Å². The van der Waals surface area contributed by atoms with E-state index in [1.807, 2.05) is 41.9 Å². The Labute approximate surface area is 166 Å². The van der Waals surface area contributed by atoms with Gasteiger partial charge in [-0.2, -0.15) is 0 Å². The van der Waals surface area contributed by atoms with Gasteiger partial charge >= 0.3 is 0 Å². The van der Waals surface area contributed by atoms with Gasteiger partial charge in [-0.1, -0.05) is 30.0 Å². The van der Waals surface area contributed by atoms with Gasteiger partial charge in [-0.05, 0) is 39.5 Å². The number of halogens is 1. The Hall–Kier alpha value is -1.97. The molecule has 0 fully saturated rings. The first-order chi connectivity index (χ1) is 12.7. The van der Waals surface area contributed by atoms with Gasteiger partial charge in [-0.25, -0.2) is 0 Å². The maximum Gasteiger partial charge on any atom is 0.248 e. The molecule has 3 heterocycles. The molecule has 0 aliphatic heterocycles. The van der Waals surface area contributed by atoms with Crippen molar-refractivity contribution in [2.24, 2.45) is 7.05 Å². The fourth-order valence-electron chi connectivity index (χ4n) is 2.38. The van der Waals surface area contributed by atoms with Crippen LogP contribution in [-0.2, 0) is 19.2 Å². The molecule has 3 aromatic heterocycles. The number of nitrogens with zero attached hydrogens (tertiary/aromatic N) is 5. The van der Waals surface area contributed by atoms with E-state index in [-0.39, 0.29) is 0 Å². The van der Waals surface area contributed by atoms with Gasteiger partial charge in [0.05, 0.1) is 11.3 Å². The SMILES string of the molecule is Cn1c(Cc2cccs2)nnc1SCc1nnc(-c2ccccc2Br)o1. The minimum absolute atomic E-state index is 0.504. The lowest BCUT2D eigenvalue weighted by atomic mass is 10.2. The maximum atomic E-state index is 5.78. The first kappa shape index (κ1) is 17.4. The predicted molar refractivity (Wildman–Crippen MR) is 105 cm³/mol. The van der Waals surface area contributed by atoms with Gasteiger partial charge in [0, 0.05) is 22.8 Å². The lowest BCUT2D eigenvalue weighted by Crippen LogP contribution is -1.99. The number of hydrogen-bond donors (Lipinski definition) is 0. The van der Waals surface area contributed by atoms with Crippen molar-refractivity contribution in [3.63, 3.8) is 0 Å². The van der Waals surface area contributed by atoms with Crippen LogP contribution in [0.25, 0.3) is 11.5 Å². The molecule has 0 unspecified atom stereocenters. The molecule has 0 spiro atoms. The van der Waals surface area contributed by atoms with E-state index in [4.69, 9.17) is 4.42 Å². The Balaban J connectivity index is 1.44. The Morgan fingerprint density at radius 2 is 2.00 bits per heavy atom. The molecule has 26 heavy (non-hydrogen) atoms. The lowest BCUT2D eigenvalue weighted by molar-refractivity contribution is 0.528. The highest BCUT2D eigenvalue weighted by atomic mass is 79.9. The number of rotatable bonds is 6. The Kier molecular flexibility index (Phi) is 5.18. The monoisotopic (exact) mass is 447 g/mol. The summed E-state index contributed by atoms with van der Waals surface area (Å²) in [5.41, 5.74) is 0.883. The summed E-state index contributed by atoms with van der Waals surface area (Å²) in [5.74, 6) is 2.55. The van der Waals surface area contributed by atoms with Gasteiger partial charge in [0.15, 0.2) is 5.16 Å². The highest BCUT2D eigenvalue weighted by Crippen LogP contribution is 2.28. The van der Waals surface area contributed by atoms with Crippen LogP contribution in [0.5, 0.6) is 0 Å². The lowest BCUT2D eigenvalue weighted by Gasteiger charge is -2.01. The van der Waals surface area contributed by atoms with Crippen LogP contribution < -0.4 is 0 Å². The van der Waals surface area contributed by atoms with Crippen LogP contribution in [0.4, 0.5) is 0 Å². The van der Waals surface area contributed by atoms with E-state index in [9.17, 15) is 0 Å². The summed E-state index contributed by atoms with van der Waals surface area (Å²) in [7, 11) is 1.98. The molecule has 1 aromatic carbocycles. The molecule has 0 atom stereocenters. The third-order valence-corrected chi connectivity index (χ3v) is 6.31. The van der Waals surface area contributed by atoms with Crippen LogP contribution in [0.3, 0.4) is 0 Å². The van der Waals surface area contributed by atoms with E-state index in [0.29, 0.717) is 17.5 Å². The number of thioether (sulfide) groups is 1. The summed E-state index contributed by atoms with van der Waals surface area (Å²) in [5, 5.41) is 19.7. The fourth-order valence-corrected chi connectivity index (χ4v) is 4.30. The molecule has 0 bridgehead atoms. The zero-order chi connectivity index (χ0) is 17.9. The predicted octanol–water partition coefficient (Wildman–Crippen LogP) is 4.57. The normalized spacial score (nSPS) is 11.2. The molecule has 0 saturated carbocycles. The minimum Gasteiger partial charge on any atom is -0.420 e. The Morgan fingerprint density at radius 3 is 2.81 bits per heavy atom. The average molecular weight is 448 g/mol. The molecule has 4 aromatic rings. The van der Waals surface area contributed by atoms with Gasteiger partial charge in [0.1, 0.15) is 5.82 Å². The van der Waals surface area contributed by atoms with Gasteiger partial charge in [-0.3, -0.25) is 0 Å². The zero-order valence-electron chi connectivity index (χ0n) is 13.8. The van der Waals surface area contributed by atoms with Gasteiger partial charge in [0.25, 0.3) is 0 Å². The van der Waals surface area contributed by atoms with Gasteiger partial charge in [0.2, 0.25) is 11.8 Å². The van der Waals surface area contributed by atoms with E-state index in [1.54, 1.807) is 11.3 Å². The number of thiophene rings is 1. The molecule has 132 valence electrons. The minimum atomic E-state index is 0.504. The van der Waals surface area contributed by atoms with Crippen molar-refractivity contribution in [2.75, 3.05) is 0 Å². The summed E-state index contributed by atoms with van der Waals surface area (Å²) in [6.07, 6.45) is 0.786. The highest BCUT2D eigenvalue weighted by Gasteiger charge is 2.14. The second kappa shape index (κ2) is 7.73. The molecule has 0 aliphatic rings. The summed E-state index contributed by atoms with van der Waals surface area (Å²) in [6.45, 7) is 0. The molecule has 0 radical (unpaired) electrons. The smallest absolute Gasteiger partial charge is 0.248 e. The summed E-state index contributed by atoms with van der Waals surface area (Å²) in [6, 6.07) is 11.9. The molecule has 9 heteroatoms. The van der Waals surface area contributed by atoms with Crippen LogP contribution >= 0.6 is 39.0 Å². The molecule has 0 saturated heterocycles. The van der Waals surface area contributed by atoms with Gasteiger partial charge in [-0.15, -0.1) is 31.7 Å². The third kappa shape index (κ3) is 3.74.